The van der Waals surface area contributed by atoms with E-state index in [1.807, 2.05) is 0 Å². The Morgan fingerprint density at radius 2 is 1.88 bits per heavy atom. The molecule has 2 heterocycles. The van der Waals surface area contributed by atoms with E-state index in [2.05, 4.69) is 20.1 Å². The van der Waals surface area contributed by atoms with Crippen LogP contribution in [-0.2, 0) is 5.60 Å². The lowest BCUT2D eigenvalue weighted by molar-refractivity contribution is 0.0662. The molecule has 2 aromatic rings. The zero-order chi connectivity index (χ0) is 12.6. The fourth-order valence-electron chi connectivity index (χ4n) is 1.53. The van der Waals surface area contributed by atoms with Gasteiger partial charge in [0.05, 0.1) is 0 Å². The number of hydrogen-bond acceptors (Lipinski definition) is 5. The molecule has 0 atom stereocenters. The Morgan fingerprint density at radius 1 is 1.18 bits per heavy atom. The van der Waals surface area contributed by atoms with Crippen molar-refractivity contribution >= 4 is 0 Å². The highest BCUT2D eigenvalue weighted by molar-refractivity contribution is 5.23. The third-order valence-electron chi connectivity index (χ3n) is 2.24. The summed E-state index contributed by atoms with van der Waals surface area (Å²) < 4.78 is 1.55. The smallest absolute Gasteiger partial charge is 0.165 e. The topological polar surface area (TPSA) is 76.7 Å². The molecule has 0 aromatic carbocycles. The maximum atomic E-state index is 10.0. The summed E-state index contributed by atoms with van der Waals surface area (Å²) in [4.78, 5) is 12.5. The predicted octanol–water partition coefficient (Wildman–Crippen LogP) is 0.902. The van der Waals surface area contributed by atoms with Crippen LogP contribution in [0.15, 0.2) is 12.3 Å². The lowest BCUT2D eigenvalue weighted by atomic mass is 10.1. The summed E-state index contributed by atoms with van der Waals surface area (Å²) in [5.41, 5.74) is -1.07. The summed E-state index contributed by atoms with van der Waals surface area (Å²) in [6.45, 7) is 6.92. The summed E-state index contributed by atoms with van der Waals surface area (Å²) in [6, 6.07) is 1.73. The fourth-order valence-corrected chi connectivity index (χ4v) is 1.53. The zero-order valence-electron chi connectivity index (χ0n) is 10.3. The normalized spacial score (nSPS) is 11.8. The Labute approximate surface area is 99.4 Å². The monoisotopic (exact) mass is 233 g/mol. The second-order valence-electron chi connectivity index (χ2n) is 4.42. The van der Waals surface area contributed by atoms with Crippen molar-refractivity contribution in [3.63, 3.8) is 0 Å². The Kier molecular flexibility index (Phi) is 2.66. The van der Waals surface area contributed by atoms with Crippen LogP contribution in [0, 0.1) is 13.8 Å². The average Bonchev–Trinajstić information content (AvgIpc) is 2.60. The van der Waals surface area contributed by atoms with E-state index >= 15 is 0 Å². The van der Waals surface area contributed by atoms with Gasteiger partial charge in [0.1, 0.15) is 17.2 Å². The first-order valence-electron chi connectivity index (χ1n) is 5.34. The van der Waals surface area contributed by atoms with E-state index in [0.29, 0.717) is 23.3 Å². The maximum absolute atomic E-state index is 10.0. The lowest BCUT2D eigenvalue weighted by Gasteiger charge is -2.16. The van der Waals surface area contributed by atoms with Crippen molar-refractivity contribution in [3.05, 3.63) is 29.7 Å². The van der Waals surface area contributed by atoms with Gasteiger partial charge in [-0.15, -0.1) is 5.10 Å². The molecule has 6 heteroatoms. The van der Waals surface area contributed by atoms with Crippen molar-refractivity contribution in [3.8, 4) is 5.82 Å². The van der Waals surface area contributed by atoms with Gasteiger partial charge in [-0.25, -0.2) is 15.0 Å². The number of aromatic nitrogens is 5. The second-order valence-corrected chi connectivity index (χ2v) is 4.42. The van der Waals surface area contributed by atoms with Crippen LogP contribution in [-0.4, -0.2) is 29.8 Å². The van der Waals surface area contributed by atoms with Gasteiger partial charge in [-0.3, -0.25) is 0 Å². The maximum Gasteiger partial charge on any atom is 0.165 e. The summed E-state index contributed by atoms with van der Waals surface area (Å²) >= 11 is 0. The first-order chi connectivity index (χ1) is 7.88. The molecule has 17 heavy (non-hydrogen) atoms. The third-order valence-corrected chi connectivity index (χ3v) is 2.24. The van der Waals surface area contributed by atoms with Crippen LogP contribution in [0.1, 0.15) is 31.3 Å². The highest BCUT2D eigenvalue weighted by Gasteiger charge is 2.25. The Balaban J connectivity index is 2.60. The molecule has 0 aliphatic carbocycles. The van der Waals surface area contributed by atoms with Crippen molar-refractivity contribution in [2.45, 2.75) is 33.3 Å². The molecule has 6 nitrogen and oxygen atoms in total. The number of hydrogen-bond donors (Lipinski definition) is 1. The highest BCUT2D eigenvalue weighted by atomic mass is 16.3. The molecule has 0 spiro atoms. The second kappa shape index (κ2) is 3.89. The van der Waals surface area contributed by atoms with Crippen LogP contribution in [0.2, 0.25) is 0 Å². The van der Waals surface area contributed by atoms with Gasteiger partial charge in [-0.2, -0.15) is 4.68 Å². The van der Waals surface area contributed by atoms with Crippen LogP contribution in [0.3, 0.4) is 0 Å². The number of aliphatic hydroxyl groups is 1. The molecule has 90 valence electrons. The SMILES string of the molecule is Cc1nccc(-n2nc(C)nc2C(C)(C)O)n1. The average molecular weight is 233 g/mol. The van der Waals surface area contributed by atoms with Crippen LogP contribution >= 0.6 is 0 Å². The van der Waals surface area contributed by atoms with Crippen LogP contribution < -0.4 is 0 Å². The van der Waals surface area contributed by atoms with E-state index in [0.717, 1.165) is 0 Å². The number of nitrogens with zero attached hydrogens (tertiary/aromatic N) is 5. The van der Waals surface area contributed by atoms with Gasteiger partial charge in [-0.05, 0) is 27.7 Å². The van der Waals surface area contributed by atoms with Crippen molar-refractivity contribution in [1.82, 2.24) is 24.7 Å². The summed E-state index contributed by atoms with van der Waals surface area (Å²) in [6.07, 6.45) is 1.66. The van der Waals surface area contributed by atoms with Crippen LogP contribution in [0.4, 0.5) is 0 Å². The minimum atomic E-state index is -1.07. The van der Waals surface area contributed by atoms with Crippen LogP contribution in [0.25, 0.3) is 5.82 Å². The Bertz CT molecular complexity index is 541. The molecular weight excluding hydrogens is 218 g/mol. The van der Waals surface area contributed by atoms with Crippen molar-refractivity contribution in [2.24, 2.45) is 0 Å². The van der Waals surface area contributed by atoms with E-state index in [1.54, 1.807) is 44.6 Å². The molecule has 0 unspecified atom stereocenters. The van der Waals surface area contributed by atoms with E-state index in [9.17, 15) is 5.11 Å². The molecule has 0 aliphatic rings. The van der Waals surface area contributed by atoms with Gasteiger partial charge >= 0.3 is 0 Å². The van der Waals surface area contributed by atoms with Gasteiger partial charge in [0.25, 0.3) is 0 Å². The van der Waals surface area contributed by atoms with E-state index in [4.69, 9.17) is 0 Å². The third kappa shape index (κ3) is 2.31. The summed E-state index contributed by atoms with van der Waals surface area (Å²) in [5, 5.41) is 14.3. The molecule has 0 bridgehead atoms. The van der Waals surface area contributed by atoms with E-state index in [-0.39, 0.29) is 0 Å². The van der Waals surface area contributed by atoms with Crippen LogP contribution in [0.5, 0.6) is 0 Å². The Hall–Kier alpha value is -1.82. The van der Waals surface area contributed by atoms with Gasteiger partial charge in [0.2, 0.25) is 0 Å². The predicted molar refractivity (Wildman–Crippen MR) is 61.7 cm³/mol. The minimum Gasteiger partial charge on any atom is -0.382 e. The largest absolute Gasteiger partial charge is 0.382 e. The quantitative estimate of drug-likeness (QED) is 0.834. The zero-order valence-corrected chi connectivity index (χ0v) is 10.3. The van der Waals surface area contributed by atoms with Gasteiger partial charge in [-0.1, -0.05) is 0 Å². The van der Waals surface area contributed by atoms with E-state index in [1.165, 1.54) is 0 Å². The van der Waals surface area contributed by atoms with Crippen molar-refractivity contribution < 1.29 is 5.11 Å². The molecule has 0 aliphatic heterocycles. The molecule has 0 saturated carbocycles. The number of aryl methyl sites for hydroxylation is 2. The molecular formula is C11H15N5O. The molecule has 0 amide bonds. The summed E-state index contributed by atoms with van der Waals surface area (Å²) in [5.74, 6) is 2.32. The Morgan fingerprint density at radius 3 is 2.47 bits per heavy atom. The molecule has 2 aromatic heterocycles. The lowest BCUT2D eigenvalue weighted by Crippen LogP contribution is -2.22. The first kappa shape index (κ1) is 11.7. The fraction of sp³-hybridized carbons (Fsp3) is 0.455. The van der Waals surface area contributed by atoms with Gasteiger partial charge in [0, 0.05) is 12.3 Å². The minimum absolute atomic E-state index is 0.466. The highest BCUT2D eigenvalue weighted by Crippen LogP contribution is 2.19. The molecule has 0 fully saturated rings. The first-order valence-corrected chi connectivity index (χ1v) is 5.34. The molecule has 2 rings (SSSR count). The molecule has 1 N–H and O–H groups in total. The molecule has 0 saturated heterocycles. The van der Waals surface area contributed by atoms with Crippen molar-refractivity contribution in [2.75, 3.05) is 0 Å². The van der Waals surface area contributed by atoms with Gasteiger partial charge in [0.15, 0.2) is 11.6 Å². The number of rotatable bonds is 2. The van der Waals surface area contributed by atoms with Gasteiger partial charge < -0.3 is 5.11 Å². The van der Waals surface area contributed by atoms with E-state index < -0.39 is 5.60 Å². The van der Waals surface area contributed by atoms with Crippen molar-refractivity contribution in [1.29, 1.82) is 0 Å². The summed E-state index contributed by atoms with van der Waals surface area (Å²) in [7, 11) is 0. The molecule has 0 radical (unpaired) electrons. The standard InChI is InChI=1S/C11H15N5O/c1-7-12-6-5-9(13-7)16-10(11(3,4)17)14-8(2)15-16/h5-6,17H,1-4H3.